The fraction of sp³-hybridized carbons (Fsp3) is 0.545. The Hall–Kier alpha value is -2.93. The number of fused-ring (bicyclic) bond motifs is 2. The van der Waals surface area contributed by atoms with Crippen LogP contribution in [-0.2, 0) is 32.2 Å². The lowest BCUT2D eigenvalue weighted by molar-refractivity contribution is -0.0486. The number of aromatic nitrogens is 8. The van der Waals surface area contributed by atoms with E-state index in [0.29, 0.717) is 23.4 Å². The van der Waals surface area contributed by atoms with Crippen molar-refractivity contribution < 1.29 is 37.1 Å². The van der Waals surface area contributed by atoms with Gasteiger partial charge in [-0.05, 0) is 25.2 Å². The number of aromatic amines is 1. The summed E-state index contributed by atoms with van der Waals surface area (Å²) in [5, 5.41) is 0. The molecule has 4 aromatic heterocycles. The number of nitrogens with zero attached hydrogens (tertiary/aromatic N) is 7. The van der Waals surface area contributed by atoms with Crippen molar-refractivity contribution in [2.24, 2.45) is 5.92 Å². The molecule has 1 aliphatic heterocycles. The number of imidazole rings is 2. The van der Waals surface area contributed by atoms with Crippen LogP contribution in [0, 0.1) is 5.92 Å². The maximum Gasteiger partial charge on any atom is 0.386 e. The van der Waals surface area contributed by atoms with E-state index < -0.39 is 45.2 Å². The summed E-state index contributed by atoms with van der Waals surface area (Å²) in [6.07, 6.45) is 2.40. The van der Waals surface area contributed by atoms with Crippen molar-refractivity contribution in [3.05, 3.63) is 29.3 Å². The van der Waals surface area contributed by atoms with Gasteiger partial charge in [0, 0.05) is 13.2 Å². The second-order valence-corrected chi connectivity index (χ2v) is 14.1. The molecule has 1 unspecified atom stereocenters. The van der Waals surface area contributed by atoms with E-state index in [1.807, 2.05) is 4.57 Å². The summed E-state index contributed by atoms with van der Waals surface area (Å²) < 4.78 is 56.4. The minimum absolute atomic E-state index is 0.0226. The molecule has 1 aliphatic carbocycles. The van der Waals surface area contributed by atoms with Gasteiger partial charge in [0.2, 0.25) is 5.95 Å². The summed E-state index contributed by atoms with van der Waals surface area (Å²) in [4.78, 5) is 44.8. The number of hydrogen-bond acceptors (Lipinski definition) is 15. The third-order valence-corrected chi connectivity index (χ3v) is 9.70. The smallest absolute Gasteiger partial charge is 0.382 e. The van der Waals surface area contributed by atoms with Crippen LogP contribution in [0.5, 0.6) is 0 Å². The van der Waals surface area contributed by atoms with Crippen LogP contribution in [-0.4, -0.2) is 82.6 Å². The molecule has 6 rings (SSSR count). The molecule has 1 saturated heterocycles. The molecular formula is C22H30N10O9P2S. The SMILES string of the molecule is CO[C@H]1[C@@H](O[P@@](=O)(S)OC[C@@H]2CC[C@H](n3cnc4c(N)ncnc43)C2)[C@H](n2cnc3c(=O)[nH]c(N)nc32)O[C@@H]1CO[PH](=O)O. The highest BCUT2D eigenvalue weighted by Gasteiger charge is 2.50. The van der Waals surface area contributed by atoms with Crippen LogP contribution >= 0.6 is 27.3 Å². The van der Waals surface area contributed by atoms with Crippen LogP contribution in [0.1, 0.15) is 31.5 Å². The van der Waals surface area contributed by atoms with Gasteiger partial charge in [0.05, 0.1) is 25.9 Å². The fourth-order valence-corrected chi connectivity index (χ4v) is 7.55. The molecule has 0 aromatic carbocycles. The molecule has 19 nitrogen and oxygen atoms in total. The second kappa shape index (κ2) is 12.5. The Labute approximate surface area is 254 Å². The van der Waals surface area contributed by atoms with Gasteiger partial charge in [0.1, 0.15) is 30.2 Å². The Morgan fingerprint density at radius 1 is 1.14 bits per heavy atom. The highest BCUT2D eigenvalue weighted by atomic mass is 32.7. The van der Waals surface area contributed by atoms with Crippen LogP contribution in [0.2, 0.25) is 0 Å². The van der Waals surface area contributed by atoms with Crippen molar-refractivity contribution >= 4 is 61.4 Å². The highest BCUT2D eigenvalue weighted by Crippen LogP contribution is 2.57. The Bertz CT molecular complexity index is 1800. The number of nitrogen functional groups attached to an aromatic ring is 2. The predicted octanol–water partition coefficient (Wildman–Crippen LogP) is 1.22. The third kappa shape index (κ3) is 6.14. The van der Waals surface area contributed by atoms with E-state index in [2.05, 4.69) is 42.2 Å². The van der Waals surface area contributed by atoms with E-state index in [4.69, 9.17) is 34.5 Å². The lowest BCUT2D eigenvalue weighted by Crippen LogP contribution is -2.36. The third-order valence-electron chi connectivity index (χ3n) is 7.68. The van der Waals surface area contributed by atoms with Crippen molar-refractivity contribution in [1.29, 1.82) is 0 Å². The van der Waals surface area contributed by atoms with Crippen molar-refractivity contribution in [3.63, 3.8) is 0 Å². The number of methoxy groups -OCH3 is 1. The fourth-order valence-electron chi connectivity index (χ4n) is 5.72. The zero-order chi connectivity index (χ0) is 31.2. The zero-order valence-electron chi connectivity index (χ0n) is 23.1. The van der Waals surface area contributed by atoms with Crippen LogP contribution < -0.4 is 17.0 Å². The number of rotatable bonds is 11. The van der Waals surface area contributed by atoms with Crippen LogP contribution in [0.15, 0.2) is 23.8 Å². The Morgan fingerprint density at radius 2 is 1.91 bits per heavy atom. The Morgan fingerprint density at radius 3 is 2.68 bits per heavy atom. The normalized spacial score (nSPS) is 27.7. The molecule has 1 saturated carbocycles. The first-order chi connectivity index (χ1) is 21.0. The average Bonchev–Trinajstić information content (AvgIpc) is 3.75. The summed E-state index contributed by atoms with van der Waals surface area (Å²) in [5.41, 5.74) is 12.3. The molecule has 22 heteroatoms. The number of hydrogen-bond donors (Lipinski definition) is 5. The minimum atomic E-state index is -4.07. The molecule has 0 bridgehead atoms. The lowest BCUT2D eigenvalue weighted by atomic mass is 10.1. The first-order valence-electron chi connectivity index (χ1n) is 13.4. The summed E-state index contributed by atoms with van der Waals surface area (Å²) in [7, 11) is -1.95. The van der Waals surface area contributed by atoms with Gasteiger partial charge in [0.25, 0.3) is 5.56 Å². The number of ether oxygens (including phenoxy) is 2. The molecule has 44 heavy (non-hydrogen) atoms. The largest absolute Gasteiger partial charge is 0.386 e. The van der Waals surface area contributed by atoms with E-state index >= 15 is 0 Å². The van der Waals surface area contributed by atoms with Gasteiger partial charge in [0.15, 0.2) is 28.9 Å². The van der Waals surface area contributed by atoms with Gasteiger partial charge in [-0.2, -0.15) is 4.98 Å². The molecular weight excluding hydrogens is 642 g/mol. The monoisotopic (exact) mass is 672 g/mol. The molecule has 0 spiro atoms. The maximum atomic E-state index is 13.6. The number of nitrogens with two attached hydrogens (primary N) is 2. The first kappa shape index (κ1) is 31.1. The second-order valence-electron chi connectivity index (χ2n) is 10.4. The van der Waals surface area contributed by atoms with Crippen LogP contribution in [0.25, 0.3) is 22.3 Å². The van der Waals surface area contributed by atoms with Gasteiger partial charge in [-0.1, -0.05) is 12.2 Å². The quantitative estimate of drug-likeness (QED) is 0.111. The van der Waals surface area contributed by atoms with E-state index in [-0.39, 0.29) is 42.3 Å². The molecule has 5 heterocycles. The average molecular weight is 673 g/mol. The van der Waals surface area contributed by atoms with Crippen molar-refractivity contribution in [1.82, 2.24) is 39.0 Å². The Balaban J connectivity index is 1.19. The molecule has 2 aliphatic rings. The van der Waals surface area contributed by atoms with E-state index in [9.17, 15) is 18.8 Å². The summed E-state index contributed by atoms with van der Waals surface area (Å²) in [6.45, 7) is -4.34. The van der Waals surface area contributed by atoms with Crippen LogP contribution in [0.4, 0.5) is 11.8 Å². The molecule has 6 N–H and O–H groups in total. The number of H-pyrrole nitrogens is 1. The van der Waals surface area contributed by atoms with Gasteiger partial charge >= 0.3 is 15.1 Å². The van der Waals surface area contributed by atoms with Crippen LogP contribution in [0.3, 0.4) is 0 Å². The lowest BCUT2D eigenvalue weighted by Gasteiger charge is -2.26. The zero-order valence-corrected chi connectivity index (χ0v) is 25.9. The molecule has 238 valence electrons. The van der Waals surface area contributed by atoms with Gasteiger partial charge in [-0.25, -0.2) is 24.5 Å². The predicted molar refractivity (Wildman–Crippen MR) is 158 cm³/mol. The summed E-state index contributed by atoms with van der Waals surface area (Å²) >= 11 is 4.24. The minimum Gasteiger partial charge on any atom is -0.382 e. The molecule has 0 amide bonds. The molecule has 8 atom stereocenters. The topological polar surface area (TPSA) is 260 Å². The van der Waals surface area contributed by atoms with Gasteiger partial charge < -0.3 is 39.4 Å². The maximum absolute atomic E-state index is 13.6. The standard InChI is InChI=1S/C22H30N10O9P2S/c1-37-15-12(6-38-42(34)35)40-21(32-9-28-14-19(32)29-22(24)30-20(14)33)16(15)41-43(36,44)39-5-10-2-3-11(4-10)31-8-27-13-17(23)25-7-26-18(13)31/h7-12,15-16,21,42H,2-6H2,1H3,(H,34,35)(H,36,44)(H2,23,25,26)(H3,24,29,30,33)/t10-,11+,12-,15-,16-,21-,43+/m1/s1. The number of thiol groups is 1. The van der Waals surface area contributed by atoms with Gasteiger partial charge in [-0.15, -0.1) is 0 Å². The highest BCUT2D eigenvalue weighted by molar-refractivity contribution is 8.44. The molecule has 2 fully saturated rings. The van der Waals surface area contributed by atoms with Gasteiger partial charge in [-0.3, -0.25) is 23.4 Å². The summed E-state index contributed by atoms with van der Waals surface area (Å²) in [5.74, 6) is 0.159. The number of nitrogens with one attached hydrogen (secondary N) is 1. The van der Waals surface area contributed by atoms with Crippen molar-refractivity contribution in [2.75, 3.05) is 31.8 Å². The van der Waals surface area contributed by atoms with E-state index in [0.717, 1.165) is 12.8 Å². The Kier molecular flexibility index (Phi) is 8.80. The first-order valence-corrected chi connectivity index (χ1v) is 17.4. The van der Waals surface area contributed by atoms with E-state index in [1.165, 1.54) is 24.3 Å². The van der Waals surface area contributed by atoms with Crippen molar-refractivity contribution in [3.8, 4) is 0 Å². The number of anilines is 2. The molecule has 0 radical (unpaired) electrons. The van der Waals surface area contributed by atoms with E-state index in [1.54, 1.807) is 6.33 Å². The summed E-state index contributed by atoms with van der Waals surface area (Å²) in [6, 6.07) is 0.0749. The van der Waals surface area contributed by atoms with Crippen molar-refractivity contribution in [2.45, 2.75) is 49.8 Å². The molecule has 4 aromatic rings.